The fourth-order valence-electron chi connectivity index (χ4n) is 3.43. The zero-order valence-electron chi connectivity index (χ0n) is 18.0. The predicted molar refractivity (Wildman–Crippen MR) is 117 cm³/mol. The lowest BCUT2D eigenvalue weighted by molar-refractivity contribution is -0.116. The lowest BCUT2D eigenvalue weighted by Gasteiger charge is -2.32. The van der Waals surface area contributed by atoms with E-state index >= 15 is 0 Å². The molecule has 0 saturated heterocycles. The summed E-state index contributed by atoms with van der Waals surface area (Å²) in [6, 6.07) is 7.79. The second-order valence-corrected chi connectivity index (χ2v) is 7.14. The molecule has 2 N–H and O–H groups in total. The smallest absolute Gasteiger partial charge is 0.227 e. The minimum atomic E-state index is -0.0878. The quantitative estimate of drug-likeness (QED) is 0.561. The molecule has 0 aliphatic carbocycles. The Morgan fingerprint density at radius 3 is 2.57 bits per heavy atom. The van der Waals surface area contributed by atoms with E-state index < -0.39 is 0 Å². The Labute approximate surface area is 177 Å². The van der Waals surface area contributed by atoms with Crippen molar-refractivity contribution in [2.24, 2.45) is 4.99 Å². The minimum Gasteiger partial charge on any atom is -0.493 e. The molecular weight excluding hydrogens is 382 g/mol. The molecule has 1 amide bonds. The van der Waals surface area contributed by atoms with Crippen LogP contribution in [0.5, 0.6) is 11.5 Å². The summed E-state index contributed by atoms with van der Waals surface area (Å²) in [5.41, 5.74) is 3.49. The van der Waals surface area contributed by atoms with Crippen LogP contribution in [-0.2, 0) is 17.8 Å². The molecule has 160 valence electrons. The number of hydrogen-bond acceptors (Lipinski definition) is 5. The van der Waals surface area contributed by atoms with Gasteiger partial charge in [0.05, 0.1) is 14.2 Å². The highest BCUT2D eigenvalue weighted by Crippen LogP contribution is 2.33. The number of amides is 1. The van der Waals surface area contributed by atoms with E-state index in [9.17, 15) is 4.79 Å². The van der Waals surface area contributed by atoms with Gasteiger partial charge in [0.25, 0.3) is 0 Å². The number of benzene rings is 1. The number of carbonyl (C=O) groups excluding carboxylic acids is 1. The lowest BCUT2D eigenvalue weighted by Crippen LogP contribution is -2.44. The first-order chi connectivity index (χ1) is 14.5. The number of nitrogens with one attached hydrogen (secondary N) is 2. The van der Waals surface area contributed by atoms with Crippen molar-refractivity contribution in [3.63, 3.8) is 0 Å². The van der Waals surface area contributed by atoms with Crippen molar-refractivity contribution in [2.45, 2.75) is 26.3 Å². The Morgan fingerprint density at radius 2 is 1.93 bits per heavy atom. The maximum absolute atomic E-state index is 12.2. The zero-order chi connectivity index (χ0) is 21.5. The van der Waals surface area contributed by atoms with Crippen molar-refractivity contribution < 1.29 is 14.3 Å². The fourth-order valence-corrected chi connectivity index (χ4v) is 3.43. The summed E-state index contributed by atoms with van der Waals surface area (Å²) in [6.07, 6.45) is 2.94. The van der Waals surface area contributed by atoms with Gasteiger partial charge >= 0.3 is 0 Å². The van der Waals surface area contributed by atoms with Crippen LogP contribution in [0.25, 0.3) is 0 Å². The topological polar surface area (TPSA) is 88.1 Å². The lowest BCUT2D eigenvalue weighted by atomic mass is 9.99. The Bertz CT molecular complexity index is 912. The van der Waals surface area contributed by atoms with Gasteiger partial charge in [-0.1, -0.05) is 6.07 Å². The van der Waals surface area contributed by atoms with Gasteiger partial charge in [0.2, 0.25) is 5.91 Å². The average molecular weight is 412 g/mol. The van der Waals surface area contributed by atoms with E-state index in [-0.39, 0.29) is 5.91 Å². The molecule has 3 rings (SSSR count). The molecule has 8 nitrogen and oxygen atoms in total. The van der Waals surface area contributed by atoms with Gasteiger partial charge in [-0.05, 0) is 48.2 Å². The van der Waals surface area contributed by atoms with E-state index in [1.54, 1.807) is 33.5 Å². The number of anilines is 1. The van der Waals surface area contributed by atoms with Crippen molar-refractivity contribution in [3.8, 4) is 11.5 Å². The Balaban J connectivity index is 1.54. The van der Waals surface area contributed by atoms with Crippen LogP contribution < -0.4 is 20.1 Å². The number of aromatic nitrogens is 1. The third kappa shape index (κ3) is 5.20. The molecule has 30 heavy (non-hydrogen) atoms. The molecule has 1 aliphatic heterocycles. The molecule has 0 fully saturated rings. The van der Waals surface area contributed by atoms with Crippen LogP contribution in [0.15, 0.2) is 35.5 Å². The Kier molecular flexibility index (Phi) is 7.11. The number of aliphatic imine (C=N–C) groups is 1. The first kappa shape index (κ1) is 21.4. The molecule has 0 radical (unpaired) electrons. The van der Waals surface area contributed by atoms with Gasteiger partial charge in [0.15, 0.2) is 17.5 Å². The molecule has 1 aromatic carbocycles. The van der Waals surface area contributed by atoms with Crippen LogP contribution in [0, 0.1) is 6.92 Å². The number of carbonyl (C=O) groups is 1. The summed E-state index contributed by atoms with van der Waals surface area (Å²) in [4.78, 5) is 22.9. The van der Waals surface area contributed by atoms with Gasteiger partial charge in [-0.3, -0.25) is 9.79 Å². The van der Waals surface area contributed by atoms with E-state index in [1.165, 1.54) is 11.1 Å². The van der Waals surface area contributed by atoms with Gasteiger partial charge in [-0.2, -0.15) is 0 Å². The van der Waals surface area contributed by atoms with Crippen LogP contribution in [-0.4, -0.2) is 56.1 Å². The minimum absolute atomic E-state index is 0.0878. The summed E-state index contributed by atoms with van der Waals surface area (Å²) in [7, 11) is 5.04. The highest BCUT2D eigenvalue weighted by atomic mass is 16.5. The molecule has 0 unspecified atom stereocenters. The van der Waals surface area contributed by atoms with E-state index in [0.29, 0.717) is 18.8 Å². The second kappa shape index (κ2) is 9.96. The summed E-state index contributed by atoms with van der Waals surface area (Å²) in [5.74, 6) is 2.72. The summed E-state index contributed by atoms with van der Waals surface area (Å²) < 4.78 is 10.8. The van der Waals surface area contributed by atoms with Crippen LogP contribution in [0.4, 0.5) is 5.82 Å². The molecule has 0 bridgehead atoms. The van der Waals surface area contributed by atoms with E-state index in [2.05, 4.69) is 25.5 Å². The highest BCUT2D eigenvalue weighted by Gasteiger charge is 2.21. The van der Waals surface area contributed by atoms with Crippen LogP contribution >= 0.6 is 0 Å². The van der Waals surface area contributed by atoms with Crippen LogP contribution in [0.3, 0.4) is 0 Å². The van der Waals surface area contributed by atoms with Gasteiger partial charge in [0.1, 0.15) is 5.82 Å². The molecule has 0 saturated carbocycles. The standard InChI is InChI=1S/C22H29N5O3/c1-15-5-6-20(25-13-15)26-21(28)7-9-24-22(23-2)27-10-8-16-11-18(29-3)19(30-4)12-17(16)14-27/h5-6,11-13H,7-10,14H2,1-4H3,(H,23,24)(H,25,26,28). The number of rotatable bonds is 6. The number of methoxy groups -OCH3 is 2. The maximum Gasteiger partial charge on any atom is 0.227 e. The largest absolute Gasteiger partial charge is 0.493 e. The molecule has 0 spiro atoms. The zero-order valence-corrected chi connectivity index (χ0v) is 18.0. The highest BCUT2D eigenvalue weighted by molar-refractivity contribution is 5.90. The third-order valence-electron chi connectivity index (χ3n) is 5.04. The van der Waals surface area contributed by atoms with E-state index in [0.717, 1.165) is 42.5 Å². The number of pyridine rings is 1. The van der Waals surface area contributed by atoms with Crippen molar-refractivity contribution in [2.75, 3.05) is 39.7 Å². The molecular formula is C22H29N5O3. The monoisotopic (exact) mass is 411 g/mol. The Hall–Kier alpha value is -3.29. The van der Waals surface area contributed by atoms with Gasteiger partial charge in [-0.25, -0.2) is 4.98 Å². The normalized spacial score (nSPS) is 13.5. The first-order valence-corrected chi connectivity index (χ1v) is 9.96. The van der Waals surface area contributed by atoms with Crippen LogP contribution in [0.2, 0.25) is 0 Å². The molecule has 2 aromatic rings. The predicted octanol–water partition coefficient (Wildman–Crippen LogP) is 2.37. The third-order valence-corrected chi connectivity index (χ3v) is 5.04. The fraction of sp³-hybridized carbons (Fsp3) is 0.409. The number of aryl methyl sites for hydroxylation is 1. The number of ether oxygens (including phenoxy) is 2. The number of fused-ring (bicyclic) bond motifs is 1. The summed E-state index contributed by atoms with van der Waals surface area (Å²) in [6.45, 7) is 4.00. The molecule has 0 atom stereocenters. The second-order valence-electron chi connectivity index (χ2n) is 7.14. The molecule has 8 heteroatoms. The number of hydrogen-bond donors (Lipinski definition) is 2. The van der Waals surface area contributed by atoms with Gasteiger partial charge in [-0.15, -0.1) is 0 Å². The van der Waals surface area contributed by atoms with Crippen molar-refractivity contribution in [1.82, 2.24) is 15.2 Å². The van der Waals surface area contributed by atoms with Gasteiger partial charge < -0.3 is 25.0 Å². The maximum atomic E-state index is 12.2. The van der Waals surface area contributed by atoms with Crippen molar-refractivity contribution >= 4 is 17.7 Å². The van der Waals surface area contributed by atoms with Crippen molar-refractivity contribution in [1.29, 1.82) is 0 Å². The summed E-state index contributed by atoms with van der Waals surface area (Å²) in [5, 5.41) is 6.09. The average Bonchev–Trinajstić information content (AvgIpc) is 2.77. The summed E-state index contributed by atoms with van der Waals surface area (Å²) >= 11 is 0. The number of nitrogens with zero attached hydrogens (tertiary/aromatic N) is 3. The van der Waals surface area contributed by atoms with Crippen molar-refractivity contribution in [3.05, 3.63) is 47.2 Å². The SMILES string of the molecule is CN=C(NCCC(=O)Nc1ccc(C)cn1)N1CCc2cc(OC)c(OC)cc2C1. The molecule has 2 heterocycles. The van der Waals surface area contributed by atoms with Crippen LogP contribution in [0.1, 0.15) is 23.1 Å². The van der Waals surface area contributed by atoms with Gasteiger partial charge in [0, 0.05) is 39.3 Å². The molecule has 1 aromatic heterocycles. The van der Waals surface area contributed by atoms with E-state index in [4.69, 9.17) is 9.47 Å². The molecule has 1 aliphatic rings. The number of guanidine groups is 1. The Morgan fingerprint density at radius 1 is 1.20 bits per heavy atom. The first-order valence-electron chi connectivity index (χ1n) is 9.96. The van der Waals surface area contributed by atoms with E-state index in [1.807, 2.05) is 25.1 Å².